The lowest BCUT2D eigenvalue weighted by Gasteiger charge is -2.06. The van der Waals surface area contributed by atoms with Gasteiger partial charge in [0.05, 0.1) is 11.3 Å². The Hall–Kier alpha value is -3.39. The molecule has 3 rings (SSSR count). The number of nitrogens with one attached hydrogen (secondary N) is 1. The Morgan fingerprint density at radius 3 is 2.76 bits per heavy atom. The van der Waals surface area contributed by atoms with Crippen LogP contribution < -0.4 is 5.32 Å². The summed E-state index contributed by atoms with van der Waals surface area (Å²) < 4.78 is 12.1. The maximum atomic E-state index is 12.5. The number of anilines is 1. The molecule has 7 nitrogen and oxygen atoms in total. The van der Waals surface area contributed by atoms with Gasteiger partial charge >= 0.3 is 5.97 Å². The predicted octanol–water partition coefficient (Wildman–Crippen LogP) is 4.24. The molecule has 29 heavy (non-hydrogen) atoms. The molecule has 0 bridgehead atoms. The van der Waals surface area contributed by atoms with E-state index in [0.29, 0.717) is 17.1 Å². The fraction of sp³-hybridized carbons (Fsp3) is 0.190. The Labute approximate surface area is 171 Å². The molecule has 0 radical (unpaired) electrons. The number of furan rings is 1. The van der Waals surface area contributed by atoms with Crippen LogP contribution >= 0.6 is 11.3 Å². The second-order valence-corrected chi connectivity index (χ2v) is 7.36. The lowest BCUT2D eigenvalue weighted by molar-refractivity contribution is 0.0479. The standard InChI is InChI=1S/C21H20N2O5S/c1-4-9-23-13(2)11-15(14(23)3)16(24)12-28-21(26)18-7-8-19(29-18)22-20(25)17-6-5-10-27-17/h4-8,10-11H,1,9,12H2,2-3H3,(H,22,25). The van der Waals surface area contributed by atoms with Gasteiger partial charge in [0.25, 0.3) is 5.91 Å². The van der Waals surface area contributed by atoms with Crippen LogP contribution in [0.5, 0.6) is 0 Å². The lowest BCUT2D eigenvalue weighted by Crippen LogP contribution is -2.14. The van der Waals surface area contributed by atoms with Gasteiger partial charge in [0.2, 0.25) is 5.78 Å². The number of carbonyl (C=O) groups excluding carboxylic acids is 3. The third kappa shape index (κ3) is 4.55. The van der Waals surface area contributed by atoms with E-state index in [1.54, 1.807) is 24.3 Å². The summed E-state index contributed by atoms with van der Waals surface area (Å²) in [6.07, 6.45) is 3.16. The molecular formula is C21H20N2O5S. The average Bonchev–Trinajstić information content (AvgIpc) is 3.43. The Balaban J connectivity index is 1.59. The Kier molecular flexibility index (Phi) is 6.13. The molecule has 3 heterocycles. The first kappa shape index (κ1) is 20.3. The van der Waals surface area contributed by atoms with Crippen molar-refractivity contribution in [3.05, 3.63) is 76.8 Å². The van der Waals surface area contributed by atoms with Crippen molar-refractivity contribution >= 4 is 34.0 Å². The highest BCUT2D eigenvalue weighted by atomic mass is 32.1. The number of nitrogens with zero attached hydrogens (tertiary/aromatic N) is 1. The van der Waals surface area contributed by atoms with Gasteiger partial charge in [-0.2, -0.15) is 0 Å². The lowest BCUT2D eigenvalue weighted by atomic mass is 10.1. The van der Waals surface area contributed by atoms with Crippen LogP contribution in [0.4, 0.5) is 5.00 Å². The molecule has 8 heteroatoms. The summed E-state index contributed by atoms with van der Waals surface area (Å²) in [6.45, 7) is 7.71. The zero-order chi connectivity index (χ0) is 21.0. The van der Waals surface area contributed by atoms with Crippen molar-refractivity contribution in [2.75, 3.05) is 11.9 Å². The summed E-state index contributed by atoms with van der Waals surface area (Å²) in [5, 5.41) is 3.11. The number of esters is 1. The number of allylic oxidation sites excluding steroid dienone is 1. The van der Waals surface area contributed by atoms with Gasteiger partial charge in [-0.05, 0) is 44.2 Å². The summed E-state index contributed by atoms with van der Waals surface area (Å²) in [6, 6.07) is 8.05. The van der Waals surface area contributed by atoms with Crippen LogP contribution in [0.25, 0.3) is 0 Å². The molecule has 0 aliphatic heterocycles. The zero-order valence-corrected chi connectivity index (χ0v) is 16.9. The van der Waals surface area contributed by atoms with Crippen LogP contribution in [0, 0.1) is 13.8 Å². The number of ether oxygens (including phenoxy) is 1. The Morgan fingerprint density at radius 2 is 2.07 bits per heavy atom. The highest BCUT2D eigenvalue weighted by Crippen LogP contribution is 2.24. The maximum absolute atomic E-state index is 12.5. The van der Waals surface area contributed by atoms with Crippen LogP contribution in [-0.4, -0.2) is 28.8 Å². The van der Waals surface area contributed by atoms with E-state index < -0.39 is 11.9 Å². The van der Waals surface area contributed by atoms with Crippen LogP contribution in [0.1, 0.15) is 42.0 Å². The van der Waals surface area contributed by atoms with E-state index in [2.05, 4.69) is 11.9 Å². The molecule has 1 amide bonds. The summed E-state index contributed by atoms with van der Waals surface area (Å²) in [4.78, 5) is 37.0. The number of Topliss-reactive ketones (excluding diaryl/α,β-unsaturated/α-hetero) is 1. The second kappa shape index (κ2) is 8.74. The van der Waals surface area contributed by atoms with Crippen molar-refractivity contribution in [3.63, 3.8) is 0 Å². The monoisotopic (exact) mass is 412 g/mol. The topological polar surface area (TPSA) is 90.5 Å². The van der Waals surface area contributed by atoms with Crippen molar-refractivity contribution < 1.29 is 23.5 Å². The normalized spacial score (nSPS) is 10.6. The molecule has 0 aromatic carbocycles. The van der Waals surface area contributed by atoms with Crippen molar-refractivity contribution in [3.8, 4) is 0 Å². The predicted molar refractivity (Wildman–Crippen MR) is 110 cm³/mol. The molecule has 3 aromatic heterocycles. The number of ketones is 1. The smallest absolute Gasteiger partial charge is 0.348 e. The maximum Gasteiger partial charge on any atom is 0.348 e. The van der Waals surface area contributed by atoms with Gasteiger partial charge in [-0.1, -0.05) is 6.08 Å². The number of aromatic nitrogens is 1. The minimum atomic E-state index is -0.623. The first-order valence-corrected chi connectivity index (χ1v) is 9.65. The zero-order valence-electron chi connectivity index (χ0n) is 16.1. The molecule has 0 aliphatic rings. The molecule has 0 saturated heterocycles. The van der Waals surface area contributed by atoms with Crippen molar-refractivity contribution in [1.82, 2.24) is 4.57 Å². The fourth-order valence-corrected chi connectivity index (χ4v) is 3.66. The number of amides is 1. The van der Waals surface area contributed by atoms with Crippen molar-refractivity contribution in [2.45, 2.75) is 20.4 Å². The van der Waals surface area contributed by atoms with Gasteiger partial charge in [-0.15, -0.1) is 17.9 Å². The van der Waals surface area contributed by atoms with Crippen LogP contribution in [0.3, 0.4) is 0 Å². The van der Waals surface area contributed by atoms with E-state index in [9.17, 15) is 14.4 Å². The number of hydrogen-bond acceptors (Lipinski definition) is 6. The highest BCUT2D eigenvalue weighted by Gasteiger charge is 2.19. The van der Waals surface area contributed by atoms with Gasteiger partial charge in [0.1, 0.15) is 4.88 Å². The van der Waals surface area contributed by atoms with Gasteiger partial charge in [-0.3, -0.25) is 9.59 Å². The van der Waals surface area contributed by atoms with Gasteiger partial charge in [0, 0.05) is 23.5 Å². The minimum Gasteiger partial charge on any atom is -0.459 e. The van der Waals surface area contributed by atoms with Crippen molar-refractivity contribution in [1.29, 1.82) is 0 Å². The highest BCUT2D eigenvalue weighted by molar-refractivity contribution is 7.18. The van der Waals surface area contributed by atoms with Crippen LogP contribution in [0.15, 0.2) is 53.7 Å². The average molecular weight is 412 g/mol. The van der Waals surface area contributed by atoms with Crippen LogP contribution in [0.2, 0.25) is 0 Å². The third-order valence-electron chi connectivity index (χ3n) is 4.31. The number of hydrogen-bond donors (Lipinski definition) is 1. The first-order chi connectivity index (χ1) is 13.9. The molecule has 0 saturated carbocycles. The molecule has 150 valence electrons. The van der Waals surface area contributed by atoms with E-state index in [4.69, 9.17) is 9.15 Å². The molecule has 0 atom stereocenters. The molecule has 3 aromatic rings. The molecular weight excluding hydrogens is 392 g/mol. The fourth-order valence-electron chi connectivity index (χ4n) is 2.87. The SMILES string of the molecule is C=CCn1c(C)cc(C(=O)COC(=O)c2ccc(NC(=O)c3ccco3)s2)c1C. The van der Waals surface area contributed by atoms with E-state index in [1.165, 1.54) is 18.4 Å². The Morgan fingerprint density at radius 1 is 1.28 bits per heavy atom. The molecule has 0 fully saturated rings. The number of carbonyl (C=O) groups is 3. The van der Waals surface area contributed by atoms with E-state index in [1.807, 2.05) is 18.4 Å². The number of rotatable bonds is 8. The molecule has 1 N–H and O–H groups in total. The van der Waals surface area contributed by atoms with Crippen molar-refractivity contribution in [2.24, 2.45) is 0 Å². The molecule has 0 aliphatic carbocycles. The summed E-state index contributed by atoms with van der Waals surface area (Å²) in [5.41, 5.74) is 2.27. The summed E-state index contributed by atoms with van der Waals surface area (Å²) in [7, 11) is 0. The first-order valence-electron chi connectivity index (χ1n) is 8.83. The van der Waals surface area contributed by atoms with E-state index >= 15 is 0 Å². The number of aryl methyl sites for hydroxylation is 1. The van der Waals surface area contributed by atoms with E-state index in [-0.39, 0.29) is 23.0 Å². The quantitative estimate of drug-likeness (QED) is 0.340. The third-order valence-corrected chi connectivity index (χ3v) is 5.29. The molecule has 0 unspecified atom stereocenters. The van der Waals surface area contributed by atoms with E-state index in [0.717, 1.165) is 22.7 Å². The second-order valence-electron chi connectivity index (χ2n) is 6.28. The minimum absolute atomic E-state index is 0.169. The summed E-state index contributed by atoms with van der Waals surface area (Å²) in [5.74, 6) is -1.14. The van der Waals surface area contributed by atoms with Crippen LogP contribution in [-0.2, 0) is 11.3 Å². The van der Waals surface area contributed by atoms with Gasteiger partial charge in [-0.25, -0.2) is 4.79 Å². The summed E-state index contributed by atoms with van der Waals surface area (Å²) >= 11 is 1.06. The van der Waals surface area contributed by atoms with Gasteiger partial charge < -0.3 is 19.0 Å². The molecule has 0 spiro atoms. The largest absolute Gasteiger partial charge is 0.459 e. The number of thiophene rings is 1. The Bertz CT molecular complexity index is 1060. The van der Waals surface area contributed by atoms with Gasteiger partial charge in [0.15, 0.2) is 12.4 Å².